The molecule has 0 fully saturated rings. The van der Waals surface area contributed by atoms with Crippen molar-refractivity contribution in [1.82, 2.24) is 0 Å². The summed E-state index contributed by atoms with van der Waals surface area (Å²) in [4.78, 5) is 0. The van der Waals surface area contributed by atoms with Crippen LogP contribution in [0, 0.1) is 6.92 Å². The van der Waals surface area contributed by atoms with Crippen molar-refractivity contribution in [3.8, 4) is 0 Å². The first kappa shape index (κ1) is 13.0. The average molecular weight is 223 g/mol. The SMILES string of the molecule is COCCC(C)(CO)Nc1ccc(C)cc1. The van der Waals surface area contributed by atoms with Gasteiger partial charge in [-0.05, 0) is 32.4 Å². The highest BCUT2D eigenvalue weighted by atomic mass is 16.5. The zero-order valence-electron chi connectivity index (χ0n) is 10.3. The minimum absolute atomic E-state index is 0.0875. The molecule has 0 aromatic heterocycles. The lowest BCUT2D eigenvalue weighted by molar-refractivity contribution is 0.146. The van der Waals surface area contributed by atoms with Gasteiger partial charge < -0.3 is 15.2 Å². The molecule has 0 saturated carbocycles. The van der Waals surface area contributed by atoms with E-state index in [1.54, 1.807) is 7.11 Å². The van der Waals surface area contributed by atoms with E-state index in [0.29, 0.717) is 6.61 Å². The highest BCUT2D eigenvalue weighted by Gasteiger charge is 2.22. The zero-order chi connectivity index (χ0) is 12.0. The Morgan fingerprint density at radius 3 is 2.44 bits per heavy atom. The molecule has 1 atom stereocenters. The summed E-state index contributed by atoms with van der Waals surface area (Å²) in [6.45, 7) is 4.77. The molecular weight excluding hydrogens is 202 g/mol. The third-order valence-corrected chi connectivity index (χ3v) is 2.70. The summed E-state index contributed by atoms with van der Waals surface area (Å²) in [6.07, 6.45) is 0.772. The van der Waals surface area contributed by atoms with Crippen LogP contribution in [0.5, 0.6) is 0 Å². The van der Waals surface area contributed by atoms with Crippen LogP contribution >= 0.6 is 0 Å². The lowest BCUT2D eigenvalue weighted by Gasteiger charge is -2.29. The standard InChI is InChI=1S/C13H21NO2/c1-11-4-6-12(7-5-11)14-13(2,10-15)8-9-16-3/h4-7,14-15H,8-10H2,1-3H3. The number of methoxy groups -OCH3 is 1. The van der Waals surface area contributed by atoms with Gasteiger partial charge in [-0.25, -0.2) is 0 Å². The van der Waals surface area contributed by atoms with Crippen molar-refractivity contribution >= 4 is 5.69 Å². The van der Waals surface area contributed by atoms with Gasteiger partial charge >= 0.3 is 0 Å². The predicted octanol–water partition coefficient (Wildman–Crippen LogP) is 2.19. The fourth-order valence-electron chi connectivity index (χ4n) is 1.49. The first-order valence-electron chi connectivity index (χ1n) is 5.54. The molecule has 0 radical (unpaired) electrons. The highest BCUT2D eigenvalue weighted by Crippen LogP contribution is 2.18. The molecular formula is C13H21NO2. The Kier molecular flexibility index (Phi) is 4.77. The number of benzene rings is 1. The number of hydrogen-bond acceptors (Lipinski definition) is 3. The molecule has 1 unspecified atom stereocenters. The third kappa shape index (κ3) is 3.83. The highest BCUT2D eigenvalue weighted by molar-refractivity contribution is 5.46. The molecule has 1 aromatic rings. The summed E-state index contributed by atoms with van der Waals surface area (Å²) in [7, 11) is 1.67. The Morgan fingerprint density at radius 2 is 1.94 bits per heavy atom. The third-order valence-electron chi connectivity index (χ3n) is 2.70. The van der Waals surface area contributed by atoms with Crippen molar-refractivity contribution in [2.75, 3.05) is 25.6 Å². The van der Waals surface area contributed by atoms with Crippen molar-refractivity contribution in [1.29, 1.82) is 0 Å². The molecule has 0 spiro atoms. The monoisotopic (exact) mass is 223 g/mol. The van der Waals surface area contributed by atoms with E-state index in [4.69, 9.17) is 4.74 Å². The molecule has 0 saturated heterocycles. The maximum atomic E-state index is 9.41. The van der Waals surface area contributed by atoms with E-state index in [1.165, 1.54) is 5.56 Å². The van der Waals surface area contributed by atoms with Gasteiger partial charge in [0.1, 0.15) is 0 Å². The van der Waals surface area contributed by atoms with E-state index >= 15 is 0 Å². The second kappa shape index (κ2) is 5.87. The molecule has 0 aliphatic heterocycles. The molecule has 16 heavy (non-hydrogen) atoms. The molecule has 0 aliphatic rings. The number of aliphatic hydroxyl groups is 1. The second-order valence-electron chi connectivity index (χ2n) is 4.45. The molecule has 3 heteroatoms. The molecule has 90 valence electrons. The van der Waals surface area contributed by atoms with E-state index < -0.39 is 0 Å². The minimum Gasteiger partial charge on any atom is -0.394 e. The maximum Gasteiger partial charge on any atom is 0.0659 e. The van der Waals surface area contributed by atoms with Crippen molar-refractivity contribution < 1.29 is 9.84 Å². The van der Waals surface area contributed by atoms with Gasteiger partial charge in [-0.3, -0.25) is 0 Å². The first-order valence-corrected chi connectivity index (χ1v) is 5.54. The van der Waals surface area contributed by atoms with E-state index in [0.717, 1.165) is 12.1 Å². The summed E-state index contributed by atoms with van der Waals surface area (Å²) in [5.41, 5.74) is 1.93. The summed E-state index contributed by atoms with van der Waals surface area (Å²) in [6, 6.07) is 8.15. The Balaban J connectivity index is 2.64. The van der Waals surface area contributed by atoms with E-state index in [-0.39, 0.29) is 12.1 Å². The molecule has 2 N–H and O–H groups in total. The number of hydrogen-bond donors (Lipinski definition) is 2. The number of rotatable bonds is 6. The van der Waals surface area contributed by atoms with E-state index in [2.05, 4.69) is 24.4 Å². The van der Waals surface area contributed by atoms with Crippen LogP contribution in [0.4, 0.5) is 5.69 Å². The molecule has 0 heterocycles. The molecule has 3 nitrogen and oxygen atoms in total. The smallest absolute Gasteiger partial charge is 0.0659 e. The van der Waals surface area contributed by atoms with Crippen molar-refractivity contribution in [3.05, 3.63) is 29.8 Å². The number of ether oxygens (including phenoxy) is 1. The van der Waals surface area contributed by atoms with Gasteiger partial charge in [0.05, 0.1) is 12.1 Å². The lowest BCUT2D eigenvalue weighted by atomic mass is 9.99. The fraction of sp³-hybridized carbons (Fsp3) is 0.538. The van der Waals surface area contributed by atoms with Crippen molar-refractivity contribution in [3.63, 3.8) is 0 Å². The van der Waals surface area contributed by atoms with Gasteiger partial charge in [-0.15, -0.1) is 0 Å². The van der Waals surface area contributed by atoms with Gasteiger partial charge in [0, 0.05) is 19.4 Å². The van der Waals surface area contributed by atoms with E-state index in [9.17, 15) is 5.11 Å². The first-order chi connectivity index (χ1) is 7.59. The summed E-state index contributed by atoms with van der Waals surface area (Å²) < 4.78 is 5.05. The fourth-order valence-corrected chi connectivity index (χ4v) is 1.49. The topological polar surface area (TPSA) is 41.5 Å². The summed E-state index contributed by atoms with van der Waals surface area (Å²) in [5, 5.41) is 12.7. The lowest BCUT2D eigenvalue weighted by Crippen LogP contribution is -2.39. The Hall–Kier alpha value is -1.06. The molecule has 1 rings (SSSR count). The minimum atomic E-state index is -0.328. The van der Waals surface area contributed by atoms with Crippen LogP contribution in [0.25, 0.3) is 0 Å². The van der Waals surface area contributed by atoms with Gasteiger partial charge in [-0.2, -0.15) is 0 Å². The van der Waals surface area contributed by atoms with Gasteiger partial charge in [0.25, 0.3) is 0 Å². The summed E-state index contributed by atoms with van der Waals surface area (Å²) in [5.74, 6) is 0. The van der Waals surface area contributed by atoms with Crippen LogP contribution in [0.15, 0.2) is 24.3 Å². The Labute approximate surface area is 97.4 Å². The second-order valence-corrected chi connectivity index (χ2v) is 4.45. The van der Waals surface area contributed by atoms with Crippen LogP contribution in [-0.4, -0.2) is 31.0 Å². The predicted molar refractivity (Wildman–Crippen MR) is 66.8 cm³/mol. The largest absolute Gasteiger partial charge is 0.394 e. The van der Waals surface area contributed by atoms with Crippen molar-refractivity contribution in [2.24, 2.45) is 0 Å². The average Bonchev–Trinajstić information content (AvgIpc) is 2.30. The quantitative estimate of drug-likeness (QED) is 0.776. The van der Waals surface area contributed by atoms with Crippen molar-refractivity contribution in [2.45, 2.75) is 25.8 Å². The Bertz CT molecular complexity index is 310. The molecule has 0 aliphatic carbocycles. The number of aryl methyl sites for hydroxylation is 1. The van der Waals surface area contributed by atoms with Crippen LogP contribution in [-0.2, 0) is 4.74 Å². The van der Waals surface area contributed by atoms with Gasteiger partial charge in [-0.1, -0.05) is 17.7 Å². The van der Waals surface area contributed by atoms with Crippen LogP contribution < -0.4 is 5.32 Å². The van der Waals surface area contributed by atoms with Crippen LogP contribution in [0.2, 0.25) is 0 Å². The van der Waals surface area contributed by atoms with Crippen LogP contribution in [0.1, 0.15) is 18.9 Å². The van der Waals surface area contributed by atoms with E-state index in [1.807, 2.05) is 19.1 Å². The zero-order valence-corrected chi connectivity index (χ0v) is 10.3. The number of nitrogens with one attached hydrogen (secondary N) is 1. The molecule has 1 aromatic carbocycles. The molecule has 0 amide bonds. The normalized spacial score (nSPS) is 14.5. The molecule has 0 bridgehead atoms. The Morgan fingerprint density at radius 1 is 1.31 bits per heavy atom. The summed E-state index contributed by atoms with van der Waals surface area (Å²) >= 11 is 0. The number of aliphatic hydroxyl groups excluding tert-OH is 1. The van der Waals surface area contributed by atoms with Gasteiger partial charge in [0.2, 0.25) is 0 Å². The maximum absolute atomic E-state index is 9.41. The van der Waals surface area contributed by atoms with Gasteiger partial charge in [0.15, 0.2) is 0 Å². The van der Waals surface area contributed by atoms with Crippen LogP contribution in [0.3, 0.4) is 0 Å². The number of anilines is 1.